The largest absolute Gasteiger partial charge is 0.490 e. The van der Waals surface area contributed by atoms with E-state index in [0.717, 1.165) is 12.2 Å². The number of rotatable bonds is 4. The number of Topliss-reactive ketones (excluding diaryl/α,β-unsaturated/α-hetero) is 1. The normalized spacial score (nSPS) is 15.9. The monoisotopic (exact) mass is 249 g/mol. The number of hydrogen-bond donors (Lipinski definition) is 1. The predicted molar refractivity (Wildman–Crippen MR) is 69.2 cm³/mol. The van der Waals surface area contributed by atoms with Crippen LogP contribution in [0.25, 0.3) is 0 Å². The van der Waals surface area contributed by atoms with Crippen molar-refractivity contribution in [3.8, 4) is 11.5 Å². The van der Waals surface area contributed by atoms with E-state index >= 15 is 0 Å². The van der Waals surface area contributed by atoms with E-state index in [9.17, 15) is 4.79 Å². The first-order valence-electron chi connectivity index (χ1n) is 6.33. The zero-order valence-corrected chi connectivity index (χ0v) is 10.6. The lowest BCUT2D eigenvalue weighted by Gasteiger charge is -2.10. The van der Waals surface area contributed by atoms with Crippen molar-refractivity contribution in [3.63, 3.8) is 0 Å². The molecule has 0 aromatic heterocycles. The average Bonchev–Trinajstić information content (AvgIpc) is 2.62. The molecule has 0 aliphatic carbocycles. The molecule has 2 N–H and O–H groups in total. The Morgan fingerprint density at radius 1 is 1.33 bits per heavy atom. The molecule has 0 spiro atoms. The molecule has 1 aromatic rings. The molecule has 1 aliphatic rings. The van der Waals surface area contributed by atoms with Crippen LogP contribution < -0.4 is 15.2 Å². The first-order chi connectivity index (χ1) is 8.70. The lowest BCUT2D eigenvalue weighted by molar-refractivity contribution is 0.0965. The maximum Gasteiger partial charge on any atom is 0.163 e. The summed E-state index contributed by atoms with van der Waals surface area (Å²) < 4.78 is 11.1. The van der Waals surface area contributed by atoms with E-state index in [1.54, 1.807) is 18.2 Å². The van der Waals surface area contributed by atoms with Crippen LogP contribution in [-0.2, 0) is 0 Å². The van der Waals surface area contributed by atoms with E-state index in [0.29, 0.717) is 37.5 Å². The fourth-order valence-electron chi connectivity index (χ4n) is 1.85. The number of benzene rings is 1. The molecule has 0 radical (unpaired) electrons. The van der Waals surface area contributed by atoms with Gasteiger partial charge in [-0.15, -0.1) is 0 Å². The van der Waals surface area contributed by atoms with Crippen LogP contribution in [0.5, 0.6) is 11.5 Å². The summed E-state index contributed by atoms with van der Waals surface area (Å²) in [6.45, 7) is 3.78. The smallest absolute Gasteiger partial charge is 0.163 e. The molecule has 4 nitrogen and oxygen atoms in total. The van der Waals surface area contributed by atoms with Gasteiger partial charge >= 0.3 is 0 Å². The van der Waals surface area contributed by atoms with Crippen molar-refractivity contribution in [1.82, 2.24) is 0 Å². The van der Waals surface area contributed by atoms with E-state index in [1.165, 1.54) is 0 Å². The Labute approximate surface area is 107 Å². The number of carbonyl (C=O) groups excluding carboxylic acids is 1. The summed E-state index contributed by atoms with van der Waals surface area (Å²) in [6.07, 6.45) is 1.33. The van der Waals surface area contributed by atoms with Gasteiger partial charge in [0.1, 0.15) is 0 Å². The highest BCUT2D eigenvalue weighted by atomic mass is 16.5. The molecule has 18 heavy (non-hydrogen) atoms. The van der Waals surface area contributed by atoms with Crippen molar-refractivity contribution >= 4 is 5.78 Å². The third-order valence-electron chi connectivity index (χ3n) is 3.01. The van der Waals surface area contributed by atoms with E-state index in [1.807, 2.05) is 6.92 Å². The first kappa shape index (κ1) is 12.9. The highest BCUT2D eigenvalue weighted by molar-refractivity contribution is 5.96. The molecule has 1 heterocycles. The molecule has 1 aromatic carbocycles. The number of fused-ring (bicyclic) bond motifs is 1. The zero-order valence-electron chi connectivity index (χ0n) is 10.6. The van der Waals surface area contributed by atoms with Gasteiger partial charge in [-0.3, -0.25) is 4.79 Å². The van der Waals surface area contributed by atoms with E-state index in [2.05, 4.69) is 0 Å². The molecular formula is C14H19NO3. The molecule has 1 unspecified atom stereocenters. The molecule has 1 atom stereocenters. The average molecular weight is 249 g/mol. The highest BCUT2D eigenvalue weighted by Gasteiger charge is 2.15. The molecule has 98 valence electrons. The van der Waals surface area contributed by atoms with Crippen molar-refractivity contribution in [2.45, 2.75) is 19.8 Å². The van der Waals surface area contributed by atoms with Crippen molar-refractivity contribution < 1.29 is 14.3 Å². The maximum absolute atomic E-state index is 12.0. The Bertz CT molecular complexity index is 431. The second-order valence-electron chi connectivity index (χ2n) is 4.68. The molecule has 0 fully saturated rings. The molecule has 0 amide bonds. The van der Waals surface area contributed by atoms with Crippen LogP contribution in [0, 0.1) is 5.92 Å². The van der Waals surface area contributed by atoms with E-state index in [4.69, 9.17) is 15.2 Å². The van der Waals surface area contributed by atoms with Gasteiger partial charge in [0.15, 0.2) is 17.3 Å². The number of carbonyl (C=O) groups is 1. The van der Waals surface area contributed by atoms with Gasteiger partial charge in [-0.05, 0) is 30.7 Å². The van der Waals surface area contributed by atoms with Gasteiger partial charge in [0.05, 0.1) is 13.2 Å². The van der Waals surface area contributed by atoms with Gasteiger partial charge in [-0.2, -0.15) is 0 Å². The van der Waals surface area contributed by atoms with Crippen LogP contribution >= 0.6 is 0 Å². The Morgan fingerprint density at radius 2 is 2.06 bits per heavy atom. The van der Waals surface area contributed by atoms with Crippen molar-refractivity contribution in [2.75, 3.05) is 19.8 Å². The van der Waals surface area contributed by atoms with Crippen molar-refractivity contribution in [2.24, 2.45) is 11.7 Å². The molecule has 0 bridgehead atoms. The summed E-state index contributed by atoms with van der Waals surface area (Å²) in [5.74, 6) is 1.69. The van der Waals surface area contributed by atoms with Crippen LogP contribution in [-0.4, -0.2) is 25.5 Å². The Balaban J connectivity index is 2.15. The predicted octanol–water partition coefficient (Wildman–Crippen LogP) is 2.02. The van der Waals surface area contributed by atoms with Gasteiger partial charge in [0, 0.05) is 18.4 Å². The minimum atomic E-state index is 0.101. The molecule has 0 saturated heterocycles. The van der Waals surface area contributed by atoms with E-state index < -0.39 is 0 Å². The zero-order chi connectivity index (χ0) is 13.0. The minimum Gasteiger partial charge on any atom is -0.490 e. The lowest BCUT2D eigenvalue weighted by Crippen LogP contribution is -2.15. The summed E-state index contributed by atoms with van der Waals surface area (Å²) in [5, 5.41) is 0. The van der Waals surface area contributed by atoms with Gasteiger partial charge < -0.3 is 15.2 Å². The van der Waals surface area contributed by atoms with Crippen LogP contribution in [0.3, 0.4) is 0 Å². The highest BCUT2D eigenvalue weighted by Crippen LogP contribution is 2.30. The van der Waals surface area contributed by atoms with E-state index in [-0.39, 0.29) is 11.7 Å². The summed E-state index contributed by atoms with van der Waals surface area (Å²) in [7, 11) is 0. The Hall–Kier alpha value is -1.55. The third-order valence-corrected chi connectivity index (χ3v) is 3.01. The summed E-state index contributed by atoms with van der Waals surface area (Å²) in [5.41, 5.74) is 6.20. The minimum absolute atomic E-state index is 0.101. The van der Waals surface area contributed by atoms with Gasteiger partial charge in [-0.25, -0.2) is 0 Å². The van der Waals surface area contributed by atoms with Crippen LogP contribution in [0.2, 0.25) is 0 Å². The van der Waals surface area contributed by atoms with Crippen LogP contribution in [0.15, 0.2) is 18.2 Å². The molecule has 0 saturated carbocycles. The molecular weight excluding hydrogens is 230 g/mol. The Kier molecular flexibility index (Phi) is 4.20. The fraction of sp³-hybridized carbons (Fsp3) is 0.500. The Morgan fingerprint density at radius 3 is 2.78 bits per heavy atom. The fourth-order valence-corrected chi connectivity index (χ4v) is 1.85. The topological polar surface area (TPSA) is 61.6 Å². The maximum atomic E-state index is 12.0. The molecule has 2 rings (SSSR count). The second-order valence-corrected chi connectivity index (χ2v) is 4.68. The summed E-state index contributed by atoms with van der Waals surface area (Å²) in [4.78, 5) is 12.0. The van der Waals surface area contributed by atoms with Gasteiger partial charge in [-0.1, -0.05) is 6.92 Å². The number of ketones is 1. The standard InChI is InChI=1S/C14H19NO3/c1-10(9-15)7-12(16)11-3-4-13-14(8-11)18-6-2-5-17-13/h3-4,8,10H,2,5-7,9,15H2,1H3. The number of nitrogens with two attached hydrogens (primary N) is 1. The molecule has 1 aliphatic heterocycles. The first-order valence-corrected chi connectivity index (χ1v) is 6.33. The quantitative estimate of drug-likeness (QED) is 0.829. The second kappa shape index (κ2) is 5.87. The van der Waals surface area contributed by atoms with Crippen LogP contribution in [0.4, 0.5) is 0 Å². The number of hydrogen-bond acceptors (Lipinski definition) is 4. The van der Waals surface area contributed by atoms with Crippen molar-refractivity contribution in [1.29, 1.82) is 0 Å². The summed E-state index contributed by atoms with van der Waals surface area (Å²) in [6, 6.07) is 5.37. The number of ether oxygens (including phenoxy) is 2. The van der Waals surface area contributed by atoms with Gasteiger partial charge in [0.2, 0.25) is 0 Å². The van der Waals surface area contributed by atoms with Crippen molar-refractivity contribution in [3.05, 3.63) is 23.8 Å². The summed E-state index contributed by atoms with van der Waals surface area (Å²) >= 11 is 0. The molecule has 4 heteroatoms. The lowest BCUT2D eigenvalue weighted by atomic mass is 9.99. The van der Waals surface area contributed by atoms with Gasteiger partial charge in [0.25, 0.3) is 0 Å². The van der Waals surface area contributed by atoms with Crippen LogP contribution in [0.1, 0.15) is 30.1 Å². The SMILES string of the molecule is CC(CN)CC(=O)c1ccc2c(c1)OCCCO2. The third kappa shape index (κ3) is 3.01.